The molecule has 0 heterocycles. The van der Waals surface area contributed by atoms with Crippen molar-refractivity contribution in [3.63, 3.8) is 0 Å². The van der Waals surface area contributed by atoms with Crippen LogP contribution in [-0.4, -0.2) is 74.9 Å². The third-order valence-corrected chi connectivity index (χ3v) is 13.1. The number of quaternary nitrogens is 1. The third kappa shape index (κ3) is 48.5. The summed E-state index contributed by atoms with van der Waals surface area (Å²) >= 11 is 0. The van der Waals surface area contributed by atoms with E-state index in [1.165, 1.54) is 205 Å². The smallest absolute Gasteiger partial charge is 0.462 e. The molecule has 0 aromatic heterocycles. The van der Waals surface area contributed by atoms with Crippen LogP contribution in [0.25, 0.3) is 0 Å². The molecule has 9 nitrogen and oxygen atoms in total. The predicted molar refractivity (Wildman–Crippen MR) is 261 cm³/mol. The summed E-state index contributed by atoms with van der Waals surface area (Å²) in [5.74, 6) is -0.776. The van der Waals surface area contributed by atoms with E-state index >= 15 is 0 Å². The van der Waals surface area contributed by atoms with Gasteiger partial charge in [-0.1, -0.05) is 245 Å². The lowest BCUT2D eigenvalue weighted by atomic mass is 10.0. The number of hydrogen-bond donors (Lipinski definition) is 1. The van der Waals surface area contributed by atoms with Gasteiger partial charge in [0, 0.05) is 12.8 Å². The molecule has 0 radical (unpaired) electrons. The van der Waals surface area contributed by atoms with Gasteiger partial charge in [0.05, 0.1) is 27.7 Å². The van der Waals surface area contributed by atoms with Crippen LogP contribution < -0.4 is 0 Å². The van der Waals surface area contributed by atoms with E-state index in [2.05, 4.69) is 13.8 Å². The number of nitrogens with zero attached hydrogens (tertiary/aromatic N) is 1. The topological polar surface area (TPSA) is 108 Å². The van der Waals surface area contributed by atoms with Crippen molar-refractivity contribution in [1.82, 2.24) is 0 Å². The molecule has 0 aliphatic carbocycles. The summed E-state index contributed by atoms with van der Waals surface area (Å²) in [7, 11) is 1.50. The largest absolute Gasteiger partial charge is 0.472 e. The Kier molecular flexibility index (Phi) is 44.5. The molecule has 0 aromatic carbocycles. The molecule has 0 aliphatic heterocycles. The number of hydrogen-bond acceptors (Lipinski definition) is 7. The number of likely N-dealkylation sites (N-methyl/N-ethyl adjacent to an activating group) is 1. The van der Waals surface area contributed by atoms with Crippen LogP contribution in [0, 0.1) is 0 Å². The number of carbonyl (C=O) groups excluding carboxylic acids is 2. The molecule has 0 amide bonds. The Labute approximate surface area is 384 Å². The number of carbonyl (C=O) groups is 2. The first-order chi connectivity index (χ1) is 30.0. The Balaban J connectivity index is 4.17. The van der Waals surface area contributed by atoms with Crippen molar-refractivity contribution in [3.05, 3.63) is 0 Å². The number of rotatable bonds is 50. The van der Waals surface area contributed by atoms with Crippen molar-refractivity contribution < 1.29 is 42.1 Å². The Bertz CT molecular complexity index is 1020. The van der Waals surface area contributed by atoms with Crippen molar-refractivity contribution in [1.29, 1.82) is 0 Å². The van der Waals surface area contributed by atoms with Gasteiger partial charge in [-0.25, -0.2) is 4.57 Å². The highest BCUT2D eigenvalue weighted by molar-refractivity contribution is 7.47. The monoisotopic (exact) mass is 903 g/mol. The highest BCUT2D eigenvalue weighted by atomic mass is 31.2. The van der Waals surface area contributed by atoms with E-state index < -0.39 is 26.5 Å². The minimum atomic E-state index is -4.37. The molecule has 0 bridgehead atoms. The lowest BCUT2D eigenvalue weighted by Gasteiger charge is -2.24. The van der Waals surface area contributed by atoms with E-state index in [0.29, 0.717) is 17.4 Å². The Morgan fingerprint density at radius 3 is 1.03 bits per heavy atom. The van der Waals surface area contributed by atoms with Gasteiger partial charge in [0.1, 0.15) is 19.8 Å². The third-order valence-electron chi connectivity index (χ3n) is 12.1. The fourth-order valence-corrected chi connectivity index (χ4v) is 8.70. The molecular weight excluding hydrogens is 798 g/mol. The fourth-order valence-electron chi connectivity index (χ4n) is 7.96. The molecule has 0 fully saturated rings. The molecule has 0 aliphatic rings. The number of phosphoric acid groups is 1. The van der Waals surface area contributed by atoms with Crippen LogP contribution in [-0.2, 0) is 32.7 Å². The van der Waals surface area contributed by atoms with E-state index in [1.807, 2.05) is 21.1 Å². The van der Waals surface area contributed by atoms with Crippen molar-refractivity contribution in [2.75, 3.05) is 47.5 Å². The lowest BCUT2D eigenvalue weighted by Crippen LogP contribution is -2.37. The molecule has 0 rings (SSSR count). The quantitative estimate of drug-likeness (QED) is 0.0278. The lowest BCUT2D eigenvalue weighted by molar-refractivity contribution is -0.870. The second-order valence-electron chi connectivity index (χ2n) is 19.6. The Morgan fingerprint density at radius 2 is 0.726 bits per heavy atom. The summed E-state index contributed by atoms with van der Waals surface area (Å²) in [5, 5.41) is 0. The molecule has 1 N–H and O–H groups in total. The minimum absolute atomic E-state index is 0.0373. The van der Waals surface area contributed by atoms with Gasteiger partial charge in [-0.3, -0.25) is 18.6 Å². The van der Waals surface area contributed by atoms with Crippen LogP contribution in [0.5, 0.6) is 0 Å². The maximum Gasteiger partial charge on any atom is 0.472 e. The first-order valence-corrected chi connectivity index (χ1v) is 28.3. The van der Waals surface area contributed by atoms with Crippen molar-refractivity contribution in [2.24, 2.45) is 0 Å². The van der Waals surface area contributed by atoms with Gasteiger partial charge in [0.25, 0.3) is 0 Å². The van der Waals surface area contributed by atoms with Gasteiger partial charge in [-0.2, -0.15) is 0 Å². The summed E-state index contributed by atoms with van der Waals surface area (Å²) in [6, 6.07) is 0. The average Bonchev–Trinajstić information content (AvgIpc) is 3.23. The second-order valence-corrected chi connectivity index (χ2v) is 21.1. The Morgan fingerprint density at radius 1 is 0.435 bits per heavy atom. The SMILES string of the molecule is CCCCCCCCCCCCCCCCCCCCCC(=O)OCC(COP(=O)(O)OCC[N+](C)(C)C)OC(=O)CCCCCCCCCCCCCCCCCCCCC. The zero-order valence-corrected chi connectivity index (χ0v) is 42.8. The van der Waals surface area contributed by atoms with E-state index in [0.717, 1.165) is 38.5 Å². The molecule has 0 saturated carbocycles. The van der Waals surface area contributed by atoms with E-state index in [4.69, 9.17) is 18.5 Å². The highest BCUT2D eigenvalue weighted by Gasteiger charge is 2.27. The fraction of sp³-hybridized carbons (Fsp3) is 0.962. The average molecular weight is 903 g/mol. The zero-order chi connectivity index (χ0) is 45.7. The van der Waals surface area contributed by atoms with Crippen LogP contribution in [0.4, 0.5) is 0 Å². The van der Waals surface area contributed by atoms with Gasteiger partial charge in [0.15, 0.2) is 6.10 Å². The molecule has 10 heteroatoms. The van der Waals surface area contributed by atoms with Crippen molar-refractivity contribution in [2.45, 2.75) is 277 Å². The number of esters is 2. The molecular formula is C52H105NO8P+. The molecule has 370 valence electrons. The molecule has 0 spiro atoms. The van der Waals surface area contributed by atoms with Gasteiger partial charge < -0.3 is 18.9 Å². The van der Waals surface area contributed by atoms with E-state index in [9.17, 15) is 19.0 Å². The summed E-state index contributed by atoms with van der Waals surface area (Å²) in [6.45, 7) is 4.50. The number of phosphoric ester groups is 1. The molecule has 62 heavy (non-hydrogen) atoms. The van der Waals surface area contributed by atoms with E-state index in [-0.39, 0.29) is 25.6 Å². The van der Waals surface area contributed by atoms with Crippen molar-refractivity contribution >= 4 is 19.8 Å². The zero-order valence-electron chi connectivity index (χ0n) is 41.9. The van der Waals surface area contributed by atoms with Gasteiger partial charge in [-0.15, -0.1) is 0 Å². The molecule has 0 aromatic rings. The second kappa shape index (κ2) is 45.2. The van der Waals surface area contributed by atoms with Crippen LogP contribution >= 0.6 is 7.82 Å². The molecule has 0 saturated heterocycles. The first-order valence-electron chi connectivity index (χ1n) is 26.8. The maximum atomic E-state index is 12.8. The van der Waals surface area contributed by atoms with Crippen LogP contribution in [0.1, 0.15) is 271 Å². The van der Waals surface area contributed by atoms with Gasteiger partial charge >= 0.3 is 19.8 Å². The minimum Gasteiger partial charge on any atom is -0.462 e. The van der Waals surface area contributed by atoms with Crippen LogP contribution in [0.3, 0.4) is 0 Å². The maximum absolute atomic E-state index is 12.8. The summed E-state index contributed by atoms with van der Waals surface area (Å²) in [6.07, 6.45) is 48.7. The Hall–Kier alpha value is -0.990. The predicted octanol–water partition coefficient (Wildman–Crippen LogP) is 15.9. The van der Waals surface area contributed by atoms with E-state index in [1.54, 1.807) is 0 Å². The van der Waals surface area contributed by atoms with Crippen molar-refractivity contribution in [3.8, 4) is 0 Å². The highest BCUT2D eigenvalue weighted by Crippen LogP contribution is 2.43. The standard InChI is InChI=1S/C52H104NO8P/c1-6-8-10-12-14-16-18-20-22-24-26-28-30-32-34-36-38-40-42-44-51(54)58-48-50(49-60-62(56,57)59-47-46-53(3,4)5)61-52(55)45-43-41-39-37-35-33-31-29-27-25-23-21-19-17-15-13-11-9-7-2/h50H,6-49H2,1-5H3/p+1. The normalized spacial score (nSPS) is 13.3. The van der Waals surface area contributed by atoms with Gasteiger partial charge in [-0.05, 0) is 12.8 Å². The number of unbranched alkanes of at least 4 members (excludes halogenated alkanes) is 36. The van der Waals surface area contributed by atoms with Crippen LogP contribution in [0.2, 0.25) is 0 Å². The molecule has 2 unspecified atom stereocenters. The summed E-state index contributed by atoms with van der Waals surface area (Å²) < 4.78 is 34.5. The first kappa shape index (κ1) is 61.0. The van der Waals surface area contributed by atoms with Crippen LogP contribution in [0.15, 0.2) is 0 Å². The molecule has 2 atom stereocenters. The summed E-state index contributed by atoms with van der Waals surface area (Å²) in [4.78, 5) is 35.6. The summed E-state index contributed by atoms with van der Waals surface area (Å²) in [5.41, 5.74) is 0. The number of ether oxygens (including phenoxy) is 2. The van der Waals surface area contributed by atoms with Gasteiger partial charge in [0.2, 0.25) is 0 Å².